The van der Waals surface area contributed by atoms with Gasteiger partial charge in [0.15, 0.2) is 6.10 Å². The zero-order chi connectivity index (χ0) is 12.1. The number of ether oxygens (including phenoxy) is 2. The summed E-state index contributed by atoms with van der Waals surface area (Å²) in [6.45, 7) is -0.00838. The second kappa shape index (κ2) is 5.57. The highest BCUT2D eigenvalue weighted by molar-refractivity contribution is 6.01. The van der Waals surface area contributed by atoms with Crippen molar-refractivity contribution in [3.63, 3.8) is 0 Å². The number of hydroxylamine groups is 2. The maximum absolute atomic E-state index is 11.4. The highest BCUT2D eigenvalue weighted by Crippen LogP contribution is 2.13. The second-order valence-corrected chi connectivity index (χ2v) is 3.17. The molecule has 16 heavy (non-hydrogen) atoms. The van der Waals surface area contributed by atoms with Crippen LogP contribution in [-0.4, -0.2) is 49.8 Å². The standard InChI is InChI=1S/C9H13NO6/c1-14-5-6(15-2)9(13)16-10-7(11)3-4-8(10)12/h6H,3-5H2,1-2H3. The molecule has 0 aliphatic carbocycles. The van der Waals surface area contributed by atoms with Gasteiger partial charge in [-0.25, -0.2) is 4.79 Å². The van der Waals surface area contributed by atoms with Crippen molar-refractivity contribution in [2.75, 3.05) is 20.8 Å². The summed E-state index contributed by atoms with van der Waals surface area (Å²) in [6, 6.07) is 0. The lowest BCUT2D eigenvalue weighted by Gasteiger charge is -2.17. The lowest BCUT2D eigenvalue weighted by Crippen LogP contribution is -2.38. The Bertz CT molecular complexity index is 286. The predicted octanol–water partition coefficient (Wildman–Crippen LogP) is -0.745. The molecule has 90 valence electrons. The van der Waals surface area contributed by atoms with E-state index in [2.05, 4.69) is 4.84 Å². The van der Waals surface area contributed by atoms with Crippen molar-refractivity contribution in [3.05, 3.63) is 0 Å². The van der Waals surface area contributed by atoms with Crippen LogP contribution >= 0.6 is 0 Å². The number of carbonyl (C=O) groups excluding carboxylic acids is 3. The monoisotopic (exact) mass is 231 g/mol. The van der Waals surface area contributed by atoms with Crippen molar-refractivity contribution in [1.29, 1.82) is 0 Å². The summed E-state index contributed by atoms with van der Waals surface area (Å²) in [5.74, 6) is -1.87. The van der Waals surface area contributed by atoms with Gasteiger partial charge in [0.1, 0.15) is 0 Å². The van der Waals surface area contributed by atoms with Crippen molar-refractivity contribution in [3.8, 4) is 0 Å². The molecule has 7 heteroatoms. The Morgan fingerprint density at radius 1 is 1.31 bits per heavy atom. The quantitative estimate of drug-likeness (QED) is 0.579. The van der Waals surface area contributed by atoms with Gasteiger partial charge < -0.3 is 14.3 Å². The van der Waals surface area contributed by atoms with Gasteiger partial charge in [0.2, 0.25) is 0 Å². The minimum absolute atomic E-state index is 0.00838. The smallest absolute Gasteiger partial charge is 0.364 e. The van der Waals surface area contributed by atoms with E-state index in [0.29, 0.717) is 5.06 Å². The Balaban J connectivity index is 2.55. The molecule has 1 aliphatic heterocycles. The van der Waals surface area contributed by atoms with E-state index in [0.717, 1.165) is 0 Å². The highest BCUT2D eigenvalue weighted by atomic mass is 16.7. The molecule has 1 fully saturated rings. The van der Waals surface area contributed by atoms with E-state index in [-0.39, 0.29) is 19.4 Å². The molecule has 1 saturated heterocycles. The Kier molecular flexibility index (Phi) is 4.39. The Labute approximate surface area is 92.2 Å². The van der Waals surface area contributed by atoms with Crippen LogP contribution in [0.4, 0.5) is 0 Å². The van der Waals surface area contributed by atoms with Gasteiger partial charge >= 0.3 is 5.97 Å². The molecule has 0 aromatic heterocycles. The summed E-state index contributed by atoms with van der Waals surface area (Å²) in [4.78, 5) is 38.4. The summed E-state index contributed by atoms with van der Waals surface area (Å²) >= 11 is 0. The first-order chi connectivity index (χ1) is 7.60. The number of hydrogen-bond donors (Lipinski definition) is 0. The second-order valence-electron chi connectivity index (χ2n) is 3.17. The van der Waals surface area contributed by atoms with Gasteiger partial charge in [-0.1, -0.05) is 0 Å². The van der Waals surface area contributed by atoms with Crippen LogP contribution in [0.25, 0.3) is 0 Å². The third-order valence-corrected chi connectivity index (χ3v) is 2.05. The molecule has 1 unspecified atom stereocenters. The average Bonchev–Trinajstić information content (AvgIpc) is 2.57. The molecule has 0 aromatic rings. The number of hydrogen-bond acceptors (Lipinski definition) is 6. The molecule has 7 nitrogen and oxygen atoms in total. The van der Waals surface area contributed by atoms with E-state index in [9.17, 15) is 14.4 Å². The van der Waals surface area contributed by atoms with E-state index in [1.165, 1.54) is 14.2 Å². The van der Waals surface area contributed by atoms with Crippen LogP contribution in [-0.2, 0) is 28.7 Å². The number of imide groups is 1. The van der Waals surface area contributed by atoms with Gasteiger partial charge in [-0.15, -0.1) is 5.06 Å². The lowest BCUT2D eigenvalue weighted by atomic mass is 10.4. The van der Waals surface area contributed by atoms with Gasteiger partial charge in [0.25, 0.3) is 11.8 Å². The van der Waals surface area contributed by atoms with Crippen LogP contribution in [0.3, 0.4) is 0 Å². The first-order valence-corrected chi connectivity index (χ1v) is 4.69. The minimum Gasteiger partial charge on any atom is -0.381 e. The fourth-order valence-corrected chi connectivity index (χ4v) is 1.19. The van der Waals surface area contributed by atoms with Crippen molar-refractivity contribution >= 4 is 17.8 Å². The van der Waals surface area contributed by atoms with Crippen molar-refractivity contribution in [2.24, 2.45) is 0 Å². The van der Waals surface area contributed by atoms with Crippen LogP contribution in [0.1, 0.15) is 12.8 Å². The molecule has 1 atom stereocenters. The maximum Gasteiger partial charge on any atom is 0.364 e. The van der Waals surface area contributed by atoms with Crippen LogP contribution in [0.15, 0.2) is 0 Å². The molecule has 2 amide bonds. The molecular weight excluding hydrogens is 218 g/mol. The van der Waals surface area contributed by atoms with E-state index in [1.54, 1.807) is 0 Å². The van der Waals surface area contributed by atoms with Crippen molar-refractivity contribution in [2.45, 2.75) is 18.9 Å². The Morgan fingerprint density at radius 3 is 2.31 bits per heavy atom. The molecule has 0 N–H and O–H groups in total. The number of nitrogens with zero attached hydrogens (tertiary/aromatic N) is 1. The van der Waals surface area contributed by atoms with Crippen LogP contribution in [0, 0.1) is 0 Å². The third-order valence-electron chi connectivity index (χ3n) is 2.05. The molecule has 1 aliphatic rings. The first kappa shape index (κ1) is 12.6. The molecule has 1 heterocycles. The molecular formula is C9H13NO6. The molecule has 1 rings (SSSR count). The molecule has 0 bridgehead atoms. The van der Waals surface area contributed by atoms with E-state index in [1.807, 2.05) is 0 Å². The third kappa shape index (κ3) is 2.77. The van der Waals surface area contributed by atoms with Crippen molar-refractivity contribution < 1.29 is 28.7 Å². The summed E-state index contributed by atoms with van der Waals surface area (Å²) in [6.07, 6.45) is -0.826. The Morgan fingerprint density at radius 2 is 1.88 bits per heavy atom. The maximum atomic E-state index is 11.4. The molecule has 0 saturated carbocycles. The van der Waals surface area contributed by atoms with Gasteiger partial charge in [0, 0.05) is 27.1 Å². The topological polar surface area (TPSA) is 82.1 Å². The fourth-order valence-electron chi connectivity index (χ4n) is 1.19. The zero-order valence-electron chi connectivity index (χ0n) is 9.10. The number of carbonyl (C=O) groups is 3. The van der Waals surface area contributed by atoms with E-state index in [4.69, 9.17) is 9.47 Å². The Hall–Kier alpha value is -1.47. The highest BCUT2D eigenvalue weighted by Gasteiger charge is 2.34. The van der Waals surface area contributed by atoms with E-state index < -0.39 is 23.9 Å². The van der Waals surface area contributed by atoms with Gasteiger partial charge in [-0.3, -0.25) is 9.59 Å². The van der Waals surface area contributed by atoms with Gasteiger partial charge in [0.05, 0.1) is 6.61 Å². The minimum atomic E-state index is -0.953. The van der Waals surface area contributed by atoms with Crippen LogP contribution in [0.5, 0.6) is 0 Å². The summed E-state index contributed by atoms with van der Waals surface area (Å²) in [5.41, 5.74) is 0. The largest absolute Gasteiger partial charge is 0.381 e. The van der Waals surface area contributed by atoms with Crippen LogP contribution < -0.4 is 0 Å². The number of rotatable bonds is 5. The van der Waals surface area contributed by atoms with Gasteiger partial charge in [-0.05, 0) is 0 Å². The van der Waals surface area contributed by atoms with Crippen molar-refractivity contribution in [1.82, 2.24) is 5.06 Å². The zero-order valence-corrected chi connectivity index (χ0v) is 9.10. The number of methoxy groups -OCH3 is 2. The lowest BCUT2D eigenvalue weighted by molar-refractivity contribution is -0.205. The average molecular weight is 231 g/mol. The molecule has 0 radical (unpaired) electrons. The van der Waals surface area contributed by atoms with Gasteiger partial charge in [-0.2, -0.15) is 0 Å². The first-order valence-electron chi connectivity index (χ1n) is 4.69. The SMILES string of the molecule is COCC(OC)C(=O)ON1C(=O)CCC1=O. The number of amides is 2. The van der Waals surface area contributed by atoms with Crippen LogP contribution in [0.2, 0.25) is 0 Å². The van der Waals surface area contributed by atoms with E-state index >= 15 is 0 Å². The summed E-state index contributed by atoms with van der Waals surface area (Å²) < 4.78 is 9.50. The normalized spacial score (nSPS) is 17.8. The molecule has 0 aromatic carbocycles. The predicted molar refractivity (Wildman–Crippen MR) is 49.9 cm³/mol. The summed E-state index contributed by atoms with van der Waals surface area (Å²) in [7, 11) is 2.70. The summed E-state index contributed by atoms with van der Waals surface area (Å²) in [5, 5.41) is 0.476. The molecule has 0 spiro atoms. The fraction of sp³-hybridized carbons (Fsp3) is 0.667.